The summed E-state index contributed by atoms with van der Waals surface area (Å²) in [4.78, 5) is 28.9. The minimum absolute atomic E-state index is 0.00651. The van der Waals surface area contributed by atoms with E-state index in [1.807, 2.05) is 24.3 Å². The first kappa shape index (κ1) is 14.6. The Morgan fingerprint density at radius 1 is 1.21 bits per heavy atom. The van der Waals surface area contributed by atoms with Gasteiger partial charge in [-0.15, -0.1) is 0 Å². The molecule has 4 rings (SSSR count). The van der Waals surface area contributed by atoms with Crippen LogP contribution in [0.15, 0.2) is 53.1 Å². The van der Waals surface area contributed by atoms with Crippen molar-refractivity contribution in [2.24, 2.45) is 0 Å². The maximum Gasteiger partial charge on any atom is 0.339 e. The van der Waals surface area contributed by atoms with Gasteiger partial charge in [0.15, 0.2) is 17.6 Å². The van der Waals surface area contributed by atoms with E-state index in [9.17, 15) is 9.59 Å². The summed E-state index contributed by atoms with van der Waals surface area (Å²) >= 11 is 0. The molecule has 0 aliphatic heterocycles. The lowest BCUT2D eigenvalue weighted by Gasteiger charge is -2.12. The van der Waals surface area contributed by atoms with Gasteiger partial charge in [0.1, 0.15) is 5.69 Å². The van der Waals surface area contributed by atoms with Crippen molar-refractivity contribution in [2.75, 3.05) is 0 Å². The molecule has 3 aromatic rings. The van der Waals surface area contributed by atoms with E-state index < -0.39 is 12.1 Å². The summed E-state index contributed by atoms with van der Waals surface area (Å²) in [5, 5.41) is 0.697. The average molecular weight is 321 g/mol. The van der Waals surface area contributed by atoms with Crippen molar-refractivity contribution >= 4 is 22.7 Å². The van der Waals surface area contributed by atoms with Crippen LogP contribution in [0.5, 0.6) is 0 Å². The molecule has 1 unspecified atom stereocenters. The molecule has 1 fully saturated rings. The van der Waals surface area contributed by atoms with Crippen LogP contribution >= 0.6 is 0 Å². The summed E-state index contributed by atoms with van der Waals surface area (Å²) in [7, 11) is 0. The van der Waals surface area contributed by atoms with Gasteiger partial charge in [-0.05, 0) is 37.1 Å². The summed E-state index contributed by atoms with van der Waals surface area (Å²) in [6.07, 6.45) is 2.77. The lowest BCUT2D eigenvalue weighted by molar-refractivity contribution is -0.124. The Kier molecular flexibility index (Phi) is 3.61. The Hall–Kier alpha value is -2.95. The number of carbonyl (C=O) groups is 2. The number of carbonyl (C=O) groups excluding carboxylic acids is 2. The van der Waals surface area contributed by atoms with Crippen LogP contribution in [0.4, 0.5) is 0 Å². The summed E-state index contributed by atoms with van der Waals surface area (Å²) in [5.41, 5.74) is 1.63. The van der Waals surface area contributed by atoms with Crippen molar-refractivity contribution in [2.45, 2.75) is 25.4 Å². The van der Waals surface area contributed by atoms with Gasteiger partial charge in [-0.1, -0.05) is 18.2 Å². The van der Waals surface area contributed by atoms with E-state index in [-0.39, 0.29) is 5.78 Å². The monoisotopic (exact) mass is 321 g/mol. The van der Waals surface area contributed by atoms with Gasteiger partial charge in [0, 0.05) is 11.8 Å². The molecule has 24 heavy (non-hydrogen) atoms. The molecule has 2 aromatic heterocycles. The summed E-state index contributed by atoms with van der Waals surface area (Å²) in [6, 6.07) is 12.6. The smallest absolute Gasteiger partial charge is 0.339 e. The molecule has 0 saturated heterocycles. The van der Waals surface area contributed by atoms with Gasteiger partial charge < -0.3 is 9.15 Å². The number of furan rings is 1. The highest BCUT2D eigenvalue weighted by molar-refractivity contribution is 6.05. The van der Waals surface area contributed by atoms with E-state index in [1.54, 1.807) is 24.5 Å². The molecular formula is C19H15NO4. The largest absolute Gasteiger partial charge is 0.463 e. The van der Waals surface area contributed by atoms with Crippen molar-refractivity contribution in [1.82, 2.24) is 4.98 Å². The van der Waals surface area contributed by atoms with Crippen LogP contribution in [0.3, 0.4) is 0 Å². The van der Waals surface area contributed by atoms with E-state index in [0.29, 0.717) is 40.8 Å². The molecule has 1 saturated carbocycles. The Bertz CT molecular complexity index is 914. The summed E-state index contributed by atoms with van der Waals surface area (Å²) in [5.74, 6) is 0.0707. The molecule has 0 N–H and O–H groups in total. The third kappa shape index (κ3) is 2.58. The number of hydrogen-bond acceptors (Lipinski definition) is 5. The number of aromatic nitrogens is 1. The number of esters is 1. The van der Waals surface area contributed by atoms with Gasteiger partial charge in [0.25, 0.3) is 0 Å². The fourth-order valence-corrected chi connectivity index (χ4v) is 3.00. The van der Waals surface area contributed by atoms with Crippen LogP contribution in [-0.4, -0.2) is 22.8 Å². The number of benzene rings is 1. The van der Waals surface area contributed by atoms with Crippen molar-refractivity contribution in [1.29, 1.82) is 0 Å². The first-order chi connectivity index (χ1) is 11.7. The fraction of sp³-hybridized carbons (Fsp3) is 0.211. The van der Waals surface area contributed by atoms with E-state index >= 15 is 0 Å². The Morgan fingerprint density at radius 3 is 2.83 bits per heavy atom. The number of ketones is 1. The predicted molar refractivity (Wildman–Crippen MR) is 87.5 cm³/mol. The zero-order valence-corrected chi connectivity index (χ0v) is 12.9. The molecule has 0 bridgehead atoms. The zero-order valence-electron chi connectivity index (χ0n) is 12.9. The Morgan fingerprint density at radius 2 is 2.08 bits per heavy atom. The summed E-state index contributed by atoms with van der Waals surface area (Å²) < 4.78 is 10.8. The number of fused-ring (bicyclic) bond motifs is 1. The normalized spacial score (nSPS) is 17.3. The van der Waals surface area contributed by atoms with E-state index in [4.69, 9.17) is 9.15 Å². The quantitative estimate of drug-likeness (QED) is 0.687. The van der Waals surface area contributed by atoms with Crippen molar-refractivity contribution in [3.05, 3.63) is 54.3 Å². The summed E-state index contributed by atoms with van der Waals surface area (Å²) in [6.45, 7) is 0. The molecule has 2 heterocycles. The van der Waals surface area contributed by atoms with Crippen LogP contribution in [0.25, 0.3) is 22.4 Å². The molecule has 5 heteroatoms. The third-order valence-corrected chi connectivity index (χ3v) is 4.21. The highest BCUT2D eigenvalue weighted by Crippen LogP contribution is 2.27. The number of ether oxygens (including phenoxy) is 1. The van der Waals surface area contributed by atoms with Gasteiger partial charge in [-0.2, -0.15) is 0 Å². The zero-order chi connectivity index (χ0) is 16.5. The molecule has 1 aliphatic rings. The first-order valence-corrected chi connectivity index (χ1v) is 7.90. The molecule has 1 aliphatic carbocycles. The van der Waals surface area contributed by atoms with Crippen molar-refractivity contribution < 1.29 is 18.7 Å². The molecular weight excluding hydrogens is 306 g/mol. The van der Waals surface area contributed by atoms with Gasteiger partial charge in [-0.3, -0.25) is 4.79 Å². The predicted octanol–water partition coefficient (Wildman–Crippen LogP) is 3.77. The van der Waals surface area contributed by atoms with Gasteiger partial charge in [0.2, 0.25) is 0 Å². The lowest BCUT2D eigenvalue weighted by Crippen LogP contribution is -2.22. The van der Waals surface area contributed by atoms with Gasteiger partial charge in [0.05, 0.1) is 17.3 Å². The maximum absolute atomic E-state index is 12.6. The van der Waals surface area contributed by atoms with Crippen LogP contribution < -0.4 is 0 Å². The molecule has 0 amide bonds. The standard InChI is InChI=1S/C19H15NO4/c21-16-7-3-8-18(16)24-19(22)13-11-15(17-9-4-10-23-17)20-14-6-2-1-5-12(13)14/h1-2,4-6,9-11,18H,3,7-8H2. The number of pyridine rings is 1. The second-order valence-corrected chi connectivity index (χ2v) is 5.80. The Labute approximate surface area is 138 Å². The number of hydrogen-bond donors (Lipinski definition) is 0. The van der Waals surface area contributed by atoms with Gasteiger partial charge in [-0.25, -0.2) is 9.78 Å². The highest BCUT2D eigenvalue weighted by Gasteiger charge is 2.29. The minimum atomic E-state index is -0.628. The Balaban J connectivity index is 1.78. The third-order valence-electron chi connectivity index (χ3n) is 4.21. The second kappa shape index (κ2) is 5.92. The fourth-order valence-electron chi connectivity index (χ4n) is 3.00. The number of Topliss-reactive ketones (excluding diaryl/α,β-unsaturated/α-hetero) is 1. The first-order valence-electron chi connectivity index (χ1n) is 7.90. The van der Waals surface area contributed by atoms with Crippen molar-refractivity contribution in [3.8, 4) is 11.5 Å². The SMILES string of the molecule is O=C(OC1CCCC1=O)c1cc(-c2ccco2)nc2ccccc12. The van der Waals surface area contributed by atoms with Crippen molar-refractivity contribution in [3.63, 3.8) is 0 Å². The van der Waals surface area contributed by atoms with E-state index in [1.165, 1.54) is 0 Å². The molecule has 0 radical (unpaired) electrons. The highest BCUT2D eigenvalue weighted by atomic mass is 16.5. The molecule has 120 valence electrons. The second-order valence-electron chi connectivity index (χ2n) is 5.80. The molecule has 5 nitrogen and oxygen atoms in total. The number of para-hydroxylation sites is 1. The van der Waals surface area contributed by atoms with Crippen LogP contribution in [-0.2, 0) is 9.53 Å². The van der Waals surface area contributed by atoms with E-state index in [0.717, 1.165) is 6.42 Å². The van der Waals surface area contributed by atoms with Crippen LogP contribution in [0.1, 0.15) is 29.6 Å². The number of nitrogens with zero attached hydrogens (tertiary/aromatic N) is 1. The topological polar surface area (TPSA) is 69.4 Å². The van der Waals surface area contributed by atoms with Crippen LogP contribution in [0.2, 0.25) is 0 Å². The lowest BCUT2D eigenvalue weighted by atomic mass is 10.1. The molecule has 1 aromatic carbocycles. The molecule has 1 atom stereocenters. The van der Waals surface area contributed by atoms with E-state index in [2.05, 4.69) is 4.98 Å². The van der Waals surface area contributed by atoms with Gasteiger partial charge >= 0.3 is 5.97 Å². The number of rotatable bonds is 3. The molecule has 0 spiro atoms. The minimum Gasteiger partial charge on any atom is -0.463 e. The average Bonchev–Trinajstić information content (AvgIpc) is 3.26. The maximum atomic E-state index is 12.6. The van der Waals surface area contributed by atoms with Crippen LogP contribution in [0, 0.1) is 0 Å².